The molecule has 0 saturated carbocycles. The van der Waals surface area contributed by atoms with Gasteiger partial charge in [-0.15, -0.1) is 0 Å². The first-order chi connectivity index (χ1) is 13.8. The van der Waals surface area contributed by atoms with Crippen LogP contribution in [0.4, 0.5) is 0 Å². The second-order valence-corrected chi connectivity index (χ2v) is 7.34. The maximum atomic E-state index is 4.79. The molecule has 0 bridgehead atoms. The molecule has 0 spiro atoms. The van der Waals surface area contributed by atoms with E-state index in [9.17, 15) is 0 Å². The summed E-state index contributed by atoms with van der Waals surface area (Å²) in [6, 6.07) is 12.3. The van der Waals surface area contributed by atoms with E-state index in [-0.39, 0.29) is 0 Å². The Morgan fingerprint density at radius 3 is 2.54 bits per heavy atom. The van der Waals surface area contributed by atoms with Crippen LogP contribution in [-0.2, 0) is 6.54 Å². The van der Waals surface area contributed by atoms with Gasteiger partial charge in [-0.3, -0.25) is 14.9 Å². The Kier molecular flexibility index (Phi) is 4.54. The zero-order chi connectivity index (χ0) is 18.8. The number of pyridine rings is 3. The van der Waals surface area contributed by atoms with Crippen LogP contribution >= 0.6 is 0 Å². The van der Waals surface area contributed by atoms with E-state index in [1.165, 1.54) is 5.56 Å². The molecule has 0 atom stereocenters. The first kappa shape index (κ1) is 17.0. The van der Waals surface area contributed by atoms with Crippen molar-refractivity contribution in [1.29, 1.82) is 0 Å². The van der Waals surface area contributed by atoms with Gasteiger partial charge in [-0.25, -0.2) is 9.50 Å². The maximum absolute atomic E-state index is 4.79. The molecular formula is C22H22N6. The summed E-state index contributed by atoms with van der Waals surface area (Å²) in [6.45, 7) is 3.10. The molecule has 28 heavy (non-hydrogen) atoms. The molecule has 0 unspecified atom stereocenters. The molecular weight excluding hydrogens is 348 g/mol. The Morgan fingerprint density at radius 2 is 1.75 bits per heavy atom. The lowest BCUT2D eigenvalue weighted by molar-refractivity contribution is 0.201. The van der Waals surface area contributed by atoms with Gasteiger partial charge in [0.15, 0.2) is 11.5 Å². The second kappa shape index (κ2) is 7.48. The first-order valence-corrected chi connectivity index (χ1v) is 9.73. The Labute approximate surface area is 163 Å². The molecule has 0 amide bonds. The molecule has 6 nitrogen and oxygen atoms in total. The molecule has 4 aromatic rings. The van der Waals surface area contributed by atoms with E-state index in [0.717, 1.165) is 55.1 Å². The summed E-state index contributed by atoms with van der Waals surface area (Å²) < 4.78 is 1.91. The highest BCUT2D eigenvalue weighted by atomic mass is 15.3. The Morgan fingerprint density at radius 1 is 0.893 bits per heavy atom. The lowest BCUT2D eigenvalue weighted by Crippen LogP contribution is -2.32. The Balaban J connectivity index is 1.29. The van der Waals surface area contributed by atoms with Crippen molar-refractivity contribution in [2.24, 2.45) is 0 Å². The van der Waals surface area contributed by atoms with Gasteiger partial charge < -0.3 is 0 Å². The molecule has 4 aromatic heterocycles. The summed E-state index contributed by atoms with van der Waals surface area (Å²) in [7, 11) is 0. The summed E-state index contributed by atoms with van der Waals surface area (Å²) in [5, 5.41) is 4.79. The summed E-state index contributed by atoms with van der Waals surface area (Å²) in [4.78, 5) is 15.6. The third-order valence-corrected chi connectivity index (χ3v) is 5.44. The van der Waals surface area contributed by atoms with Gasteiger partial charge in [0.2, 0.25) is 0 Å². The molecule has 6 heteroatoms. The molecule has 1 aliphatic heterocycles. The van der Waals surface area contributed by atoms with Crippen molar-refractivity contribution in [3.05, 3.63) is 78.8 Å². The minimum atomic E-state index is 0.425. The number of likely N-dealkylation sites (tertiary alicyclic amines) is 1. The number of aromatic nitrogens is 5. The minimum absolute atomic E-state index is 0.425. The van der Waals surface area contributed by atoms with Gasteiger partial charge >= 0.3 is 0 Å². The molecule has 0 aliphatic carbocycles. The fraction of sp³-hybridized carbons (Fsp3) is 0.273. The van der Waals surface area contributed by atoms with Crippen molar-refractivity contribution in [3.8, 4) is 11.1 Å². The maximum Gasteiger partial charge on any atom is 0.155 e. The number of nitrogens with zero attached hydrogens (tertiary/aromatic N) is 6. The van der Waals surface area contributed by atoms with E-state index in [0.29, 0.717) is 5.92 Å². The molecule has 0 N–H and O–H groups in total. The molecule has 0 radical (unpaired) electrons. The Bertz CT molecular complexity index is 1050. The molecule has 140 valence electrons. The largest absolute Gasteiger partial charge is 0.299 e. The summed E-state index contributed by atoms with van der Waals surface area (Å²) in [6.07, 6.45) is 11.6. The quantitative estimate of drug-likeness (QED) is 0.550. The van der Waals surface area contributed by atoms with Crippen LogP contribution in [0.2, 0.25) is 0 Å². The zero-order valence-corrected chi connectivity index (χ0v) is 15.6. The fourth-order valence-electron chi connectivity index (χ4n) is 3.89. The molecule has 0 aromatic carbocycles. The number of hydrogen-bond donors (Lipinski definition) is 0. The predicted molar refractivity (Wildman–Crippen MR) is 108 cm³/mol. The van der Waals surface area contributed by atoms with E-state index in [2.05, 4.69) is 33.2 Å². The van der Waals surface area contributed by atoms with Crippen molar-refractivity contribution in [2.75, 3.05) is 13.1 Å². The highest BCUT2D eigenvalue weighted by molar-refractivity contribution is 5.63. The average Bonchev–Trinajstić information content (AvgIpc) is 3.19. The van der Waals surface area contributed by atoms with Gasteiger partial charge in [0.1, 0.15) is 0 Å². The van der Waals surface area contributed by atoms with Crippen LogP contribution in [-0.4, -0.2) is 42.6 Å². The van der Waals surface area contributed by atoms with Crippen LogP contribution in [0.3, 0.4) is 0 Å². The van der Waals surface area contributed by atoms with E-state index in [1.807, 2.05) is 53.6 Å². The number of hydrogen-bond acceptors (Lipinski definition) is 5. The lowest BCUT2D eigenvalue weighted by atomic mass is 9.96. The third kappa shape index (κ3) is 3.51. The third-order valence-electron chi connectivity index (χ3n) is 5.44. The highest BCUT2D eigenvalue weighted by Crippen LogP contribution is 2.27. The predicted octanol–water partition coefficient (Wildman–Crippen LogP) is 3.57. The molecule has 5 rings (SSSR count). The summed E-state index contributed by atoms with van der Waals surface area (Å²) in [5.74, 6) is 1.39. The van der Waals surface area contributed by atoms with Gasteiger partial charge in [0.25, 0.3) is 0 Å². The smallest absolute Gasteiger partial charge is 0.155 e. The van der Waals surface area contributed by atoms with Gasteiger partial charge in [0, 0.05) is 49.0 Å². The number of rotatable bonds is 4. The normalized spacial score (nSPS) is 15.9. The molecule has 1 fully saturated rings. The van der Waals surface area contributed by atoms with Crippen LogP contribution in [0.25, 0.3) is 16.8 Å². The van der Waals surface area contributed by atoms with Crippen LogP contribution in [0.5, 0.6) is 0 Å². The first-order valence-electron chi connectivity index (χ1n) is 9.73. The summed E-state index contributed by atoms with van der Waals surface area (Å²) >= 11 is 0. The SMILES string of the molecule is c1cncc(CN2CCC(c3nc4ccc(-c5ccncc5)cn4n3)CC2)c1. The highest BCUT2D eigenvalue weighted by Gasteiger charge is 2.24. The van der Waals surface area contributed by atoms with Gasteiger partial charge in [-0.05, 0) is 67.4 Å². The monoisotopic (exact) mass is 370 g/mol. The molecule has 5 heterocycles. The fourth-order valence-corrected chi connectivity index (χ4v) is 3.89. The number of piperidine rings is 1. The molecule has 1 saturated heterocycles. The zero-order valence-electron chi connectivity index (χ0n) is 15.6. The summed E-state index contributed by atoms with van der Waals surface area (Å²) in [5.41, 5.74) is 4.44. The van der Waals surface area contributed by atoms with Crippen molar-refractivity contribution in [3.63, 3.8) is 0 Å². The van der Waals surface area contributed by atoms with Crippen molar-refractivity contribution in [1.82, 2.24) is 29.5 Å². The van der Waals surface area contributed by atoms with Gasteiger partial charge in [0.05, 0.1) is 0 Å². The van der Waals surface area contributed by atoms with Gasteiger partial charge in [-0.1, -0.05) is 6.07 Å². The van der Waals surface area contributed by atoms with E-state index < -0.39 is 0 Å². The minimum Gasteiger partial charge on any atom is -0.299 e. The second-order valence-electron chi connectivity index (χ2n) is 7.34. The van der Waals surface area contributed by atoms with E-state index in [4.69, 9.17) is 10.1 Å². The Hall–Kier alpha value is -3.12. The topological polar surface area (TPSA) is 59.2 Å². The van der Waals surface area contributed by atoms with Crippen LogP contribution in [0, 0.1) is 0 Å². The van der Waals surface area contributed by atoms with E-state index >= 15 is 0 Å². The van der Waals surface area contributed by atoms with Crippen LogP contribution in [0.1, 0.15) is 30.1 Å². The van der Waals surface area contributed by atoms with Gasteiger partial charge in [-0.2, -0.15) is 5.10 Å². The van der Waals surface area contributed by atoms with Crippen LogP contribution < -0.4 is 0 Å². The lowest BCUT2D eigenvalue weighted by Gasteiger charge is -2.30. The average molecular weight is 370 g/mol. The molecule has 1 aliphatic rings. The van der Waals surface area contributed by atoms with E-state index in [1.54, 1.807) is 0 Å². The number of fused-ring (bicyclic) bond motifs is 1. The van der Waals surface area contributed by atoms with Crippen LogP contribution in [0.15, 0.2) is 67.4 Å². The van der Waals surface area contributed by atoms with Crippen molar-refractivity contribution in [2.45, 2.75) is 25.3 Å². The standard InChI is InChI=1S/C22H22N6/c1-2-17(14-24-9-1)15-27-12-7-19(8-13-27)22-25-21-4-3-20(16-28(21)26-22)18-5-10-23-11-6-18/h1-6,9-11,14,16,19H,7-8,12-13,15H2. The van der Waals surface area contributed by atoms with Crippen molar-refractivity contribution >= 4 is 5.65 Å². The van der Waals surface area contributed by atoms with Crippen molar-refractivity contribution < 1.29 is 0 Å².